The number of amides is 3. The van der Waals surface area contributed by atoms with E-state index in [1.165, 1.54) is 9.80 Å². The second kappa shape index (κ2) is 8.67. The summed E-state index contributed by atoms with van der Waals surface area (Å²) in [7, 11) is 3.24. The third kappa shape index (κ3) is 4.19. The number of ether oxygens (including phenoxy) is 1. The molecule has 162 valence electrons. The van der Waals surface area contributed by atoms with E-state index in [0.29, 0.717) is 37.4 Å². The molecule has 0 unspecified atom stereocenters. The van der Waals surface area contributed by atoms with Crippen LogP contribution in [0.4, 0.5) is 11.4 Å². The first kappa shape index (κ1) is 20.7. The lowest BCUT2D eigenvalue weighted by Gasteiger charge is -2.37. The van der Waals surface area contributed by atoms with Gasteiger partial charge in [-0.25, -0.2) is 0 Å². The number of para-hydroxylation sites is 1. The Labute approximate surface area is 181 Å². The van der Waals surface area contributed by atoms with Crippen LogP contribution in [0.2, 0.25) is 0 Å². The van der Waals surface area contributed by atoms with Crippen LogP contribution in [0.5, 0.6) is 5.75 Å². The van der Waals surface area contributed by atoms with Gasteiger partial charge in [0, 0.05) is 45.0 Å². The molecule has 0 radical (unpaired) electrons. The van der Waals surface area contributed by atoms with Gasteiger partial charge < -0.3 is 24.3 Å². The maximum Gasteiger partial charge on any atom is 0.256 e. The van der Waals surface area contributed by atoms with Gasteiger partial charge in [0.1, 0.15) is 18.8 Å². The van der Waals surface area contributed by atoms with E-state index in [2.05, 4.69) is 4.90 Å². The first-order chi connectivity index (χ1) is 15.0. The highest BCUT2D eigenvalue weighted by Crippen LogP contribution is 2.26. The summed E-state index contributed by atoms with van der Waals surface area (Å²) >= 11 is 0. The summed E-state index contributed by atoms with van der Waals surface area (Å²) in [6.07, 6.45) is 0. The topological polar surface area (TPSA) is 73.4 Å². The number of nitrogens with zero attached hydrogens (tertiary/aromatic N) is 4. The van der Waals surface area contributed by atoms with Crippen molar-refractivity contribution in [3.63, 3.8) is 0 Å². The largest absolute Gasteiger partial charge is 0.497 e. The lowest BCUT2D eigenvalue weighted by molar-refractivity contribution is -0.131. The van der Waals surface area contributed by atoms with Crippen LogP contribution in [0.1, 0.15) is 10.4 Å². The fraction of sp³-hybridized carbons (Fsp3) is 0.348. The number of anilines is 2. The predicted molar refractivity (Wildman–Crippen MR) is 118 cm³/mol. The lowest BCUT2D eigenvalue weighted by Crippen LogP contribution is -2.52. The van der Waals surface area contributed by atoms with E-state index in [4.69, 9.17) is 4.74 Å². The minimum atomic E-state index is -0.260. The van der Waals surface area contributed by atoms with E-state index in [9.17, 15) is 14.4 Å². The number of carbonyl (C=O) groups is 3. The fourth-order valence-corrected chi connectivity index (χ4v) is 4.02. The van der Waals surface area contributed by atoms with Crippen molar-refractivity contribution in [3.05, 3.63) is 54.1 Å². The number of carbonyl (C=O) groups excluding carboxylic acids is 3. The van der Waals surface area contributed by atoms with Crippen molar-refractivity contribution in [1.29, 1.82) is 0 Å². The summed E-state index contributed by atoms with van der Waals surface area (Å²) in [6.45, 7) is 2.41. The number of hydrogen-bond acceptors (Lipinski definition) is 5. The van der Waals surface area contributed by atoms with Crippen LogP contribution in [0.3, 0.4) is 0 Å². The average molecular weight is 422 g/mol. The number of likely N-dealkylation sites (N-methyl/N-ethyl adjacent to an activating group) is 1. The quantitative estimate of drug-likeness (QED) is 0.746. The van der Waals surface area contributed by atoms with Crippen molar-refractivity contribution < 1.29 is 19.1 Å². The zero-order chi connectivity index (χ0) is 22.0. The molecule has 2 heterocycles. The van der Waals surface area contributed by atoms with Crippen molar-refractivity contribution in [2.75, 3.05) is 63.2 Å². The van der Waals surface area contributed by atoms with Gasteiger partial charge in [0.05, 0.1) is 18.4 Å². The third-order valence-electron chi connectivity index (χ3n) is 5.79. The smallest absolute Gasteiger partial charge is 0.256 e. The Morgan fingerprint density at radius 3 is 2.48 bits per heavy atom. The van der Waals surface area contributed by atoms with Crippen LogP contribution in [0, 0.1) is 0 Å². The molecular weight excluding hydrogens is 396 g/mol. The number of fused-ring (bicyclic) bond motifs is 1. The summed E-state index contributed by atoms with van der Waals surface area (Å²) < 4.78 is 5.30. The summed E-state index contributed by atoms with van der Waals surface area (Å²) in [5.74, 6) is 0.203. The van der Waals surface area contributed by atoms with Crippen LogP contribution in [-0.4, -0.2) is 80.9 Å². The zero-order valence-corrected chi connectivity index (χ0v) is 17.8. The first-order valence-corrected chi connectivity index (χ1v) is 10.3. The summed E-state index contributed by atoms with van der Waals surface area (Å²) in [5, 5.41) is 0. The van der Waals surface area contributed by atoms with Crippen molar-refractivity contribution in [3.8, 4) is 5.75 Å². The molecule has 1 fully saturated rings. The predicted octanol–water partition coefficient (Wildman–Crippen LogP) is 1.46. The Balaban J connectivity index is 1.44. The van der Waals surface area contributed by atoms with Gasteiger partial charge in [-0.1, -0.05) is 18.2 Å². The number of hydrogen-bond donors (Lipinski definition) is 0. The van der Waals surface area contributed by atoms with Crippen LogP contribution >= 0.6 is 0 Å². The summed E-state index contributed by atoms with van der Waals surface area (Å²) in [6, 6.07) is 14.8. The summed E-state index contributed by atoms with van der Waals surface area (Å²) in [5.41, 5.74) is 1.99. The Morgan fingerprint density at radius 1 is 1.00 bits per heavy atom. The number of rotatable bonds is 4. The average Bonchev–Trinajstić information content (AvgIpc) is 2.89. The van der Waals surface area contributed by atoms with Gasteiger partial charge >= 0.3 is 0 Å². The first-order valence-electron chi connectivity index (χ1n) is 10.3. The second-order valence-electron chi connectivity index (χ2n) is 7.73. The van der Waals surface area contributed by atoms with E-state index < -0.39 is 0 Å². The molecular formula is C23H26N4O4. The van der Waals surface area contributed by atoms with Crippen molar-refractivity contribution in [2.24, 2.45) is 0 Å². The van der Waals surface area contributed by atoms with Crippen molar-refractivity contribution in [1.82, 2.24) is 9.80 Å². The van der Waals surface area contributed by atoms with Gasteiger partial charge in [-0.05, 0) is 24.3 Å². The van der Waals surface area contributed by atoms with E-state index in [0.717, 1.165) is 11.4 Å². The minimum absolute atomic E-state index is 0.0512. The minimum Gasteiger partial charge on any atom is -0.497 e. The molecule has 2 aliphatic rings. The normalized spacial score (nSPS) is 16.8. The van der Waals surface area contributed by atoms with Gasteiger partial charge in [0.2, 0.25) is 11.8 Å². The van der Waals surface area contributed by atoms with Crippen LogP contribution < -0.4 is 14.5 Å². The molecule has 0 aromatic heterocycles. The van der Waals surface area contributed by atoms with Gasteiger partial charge in [-0.15, -0.1) is 0 Å². The Morgan fingerprint density at radius 2 is 1.74 bits per heavy atom. The number of piperazine rings is 1. The van der Waals surface area contributed by atoms with E-state index in [1.54, 1.807) is 43.3 Å². The molecule has 8 nitrogen and oxygen atoms in total. The Kier molecular flexibility index (Phi) is 5.79. The molecule has 0 aliphatic carbocycles. The third-order valence-corrected chi connectivity index (χ3v) is 5.79. The molecule has 0 atom stereocenters. The molecule has 1 saturated heterocycles. The second-order valence-corrected chi connectivity index (χ2v) is 7.73. The van der Waals surface area contributed by atoms with Gasteiger partial charge in [-0.2, -0.15) is 0 Å². The van der Waals surface area contributed by atoms with Crippen molar-refractivity contribution in [2.45, 2.75) is 0 Å². The number of methoxy groups -OCH3 is 1. The lowest BCUT2D eigenvalue weighted by atomic mass is 10.1. The molecule has 2 aliphatic heterocycles. The highest BCUT2D eigenvalue weighted by molar-refractivity contribution is 6.11. The SMILES string of the molecule is COc1cccc(N2CCN(C(=O)CN3C(=O)CN(C)C(=O)c4ccccc43)CC2)c1. The molecule has 0 bridgehead atoms. The molecule has 2 aromatic rings. The maximum atomic E-state index is 13.0. The van der Waals surface area contributed by atoms with Crippen LogP contribution in [-0.2, 0) is 9.59 Å². The molecule has 31 heavy (non-hydrogen) atoms. The number of benzene rings is 2. The zero-order valence-electron chi connectivity index (χ0n) is 17.8. The highest BCUT2D eigenvalue weighted by atomic mass is 16.5. The molecule has 2 aromatic carbocycles. The molecule has 3 amide bonds. The van der Waals surface area contributed by atoms with E-state index in [1.807, 2.05) is 24.3 Å². The standard InChI is InChI=1S/C23H26N4O4/c1-24-15-22(29)27(20-9-4-3-8-19(20)23(24)30)16-21(28)26-12-10-25(11-13-26)17-6-5-7-18(14-17)31-2/h3-9,14H,10-13,15-16H2,1-2H3. The Hall–Kier alpha value is -3.55. The van der Waals surface area contributed by atoms with E-state index in [-0.39, 0.29) is 30.8 Å². The maximum absolute atomic E-state index is 13.0. The van der Waals surface area contributed by atoms with Gasteiger partial charge in [-0.3, -0.25) is 14.4 Å². The van der Waals surface area contributed by atoms with Crippen molar-refractivity contribution >= 4 is 29.1 Å². The van der Waals surface area contributed by atoms with Gasteiger partial charge in [0.25, 0.3) is 5.91 Å². The molecule has 4 rings (SSSR count). The van der Waals surface area contributed by atoms with Gasteiger partial charge in [0.15, 0.2) is 0 Å². The molecule has 0 saturated carbocycles. The summed E-state index contributed by atoms with van der Waals surface area (Å²) in [4.78, 5) is 45.2. The molecule has 8 heteroatoms. The highest BCUT2D eigenvalue weighted by Gasteiger charge is 2.32. The van der Waals surface area contributed by atoms with Crippen LogP contribution in [0.15, 0.2) is 48.5 Å². The van der Waals surface area contributed by atoms with Crippen LogP contribution in [0.25, 0.3) is 0 Å². The Bertz CT molecular complexity index is 1000. The molecule has 0 spiro atoms. The van der Waals surface area contributed by atoms with E-state index >= 15 is 0 Å². The monoisotopic (exact) mass is 422 g/mol. The molecule has 0 N–H and O–H groups in total. The fourth-order valence-electron chi connectivity index (χ4n) is 4.02.